The highest BCUT2D eigenvalue weighted by Crippen LogP contribution is 2.21. The maximum atomic E-state index is 12.4. The Morgan fingerprint density at radius 2 is 1.48 bits per heavy atom. The number of hydrogen-bond acceptors (Lipinski definition) is 2. The first kappa shape index (κ1) is 15.3. The summed E-state index contributed by atoms with van der Waals surface area (Å²) in [5, 5.41) is 0. The van der Waals surface area contributed by atoms with E-state index in [-0.39, 0.29) is 18.0 Å². The van der Waals surface area contributed by atoms with Crippen molar-refractivity contribution >= 4 is 5.91 Å². The first-order valence-electron chi connectivity index (χ1n) is 7.20. The molecule has 2 atom stereocenters. The fourth-order valence-electron chi connectivity index (χ4n) is 2.32. The Morgan fingerprint density at radius 3 is 2.00 bits per heavy atom. The third kappa shape index (κ3) is 3.92. The molecule has 1 amide bonds. The Labute approximate surface area is 126 Å². The average molecular weight is 282 g/mol. The summed E-state index contributed by atoms with van der Waals surface area (Å²) < 4.78 is 0. The van der Waals surface area contributed by atoms with Gasteiger partial charge in [0, 0.05) is 19.5 Å². The molecule has 2 aromatic carbocycles. The number of nitrogens with two attached hydrogens (primary N) is 1. The van der Waals surface area contributed by atoms with E-state index in [2.05, 4.69) is 0 Å². The minimum Gasteiger partial charge on any atom is -0.339 e. The molecule has 21 heavy (non-hydrogen) atoms. The van der Waals surface area contributed by atoms with Gasteiger partial charge < -0.3 is 10.6 Å². The zero-order chi connectivity index (χ0) is 15.2. The Morgan fingerprint density at radius 1 is 1.00 bits per heavy atom. The molecule has 0 aliphatic heterocycles. The van der Waals surface area contributed by atoms with E-state index < -0.39 is 0 Å². The van der Waals surface area contributed by atoms with Crippen LogP contribution in [-0.4, -0.2) is 17.9 Å². The predicted octanol–water partition coefficient (Wildman–Crippen LogP) is 3.30. The second kappa shape index (κ2) is 7.04. The van der Waals surface area contributed by atoms with Gasteiger partial charge in [-0.1, -0.05) is 60.7 Å². The maximum Gasteiger partial charge on any atom is 0.224 e. The van der Waals surface area contributed by atoms with Gasteiger partial charge in [0.05, 0.1) is 6.04 Å². The van der Waals surface area contributed by atoms with Crippen LogP contribution in [0.2, 0.25) is 0 Å². The molecule has 3 heteroatoms. The van der Waals surface area contributed by atoms with E-state index in [0.29, 0.717) is 6.42 Å². The summed E-state index contributed by atoms with van der Waals surface area (Å²) in [6.45, 7) is 2.03. The van der Waals surface area contributed by atoms with E-state index in [1.54, 1.807) is 4.90 Å². The van der Waals surface area contributed by atoms with Crippen molar-refractivity contribution in [2.75, 3.05) is 7.05 Å². The number of benzene rings is 2. The molecule has 0 bridgehead atoms. The van der Waals surface area contributed by atoms with Crippen LogP contribution >= 0.6 is 0 Å². The Hall–Kier alpha value is -2.13. The van der Waals surface area contributed by atoms with Gasteiger partial charge in [0.25, 0.3) is 0 Å². The molecule has 2 unspecified atom stereocenters. The van der Waals surface area contributed by atoms with Gasteiger partial charge in [-0.25, -0.2) is 0 Å². The quantitative estimate of drug-likeness (QED) is 0.914. The summed E-state index contributed by atoms with van der Waals surface area (Å²) in [6, 6.07) is 19.5. The molecular weight excluding hydrogens is 260 g/mol. The third-order valence-electron chi connectivity index (χ3n) is 3.88. The average Bonchev–Trinajstić information content (AvgIpc) is 2.55. The van der Waals surface area contributed by atoms with Crippen LogP contribution in [0.15, 0.2) is 60.7 Å². The van der Waals surface area contributed by atoms with Crippen molar-refractivity contribution in [1.29, 1.82) is 0 Å². The zero-order valence-electron chi connectivity index (χ0n) is 12.6. The van der Waals surface area contributed by atoms with Gasteiger partial charge in [-0.2, -0.15) is 0 Å². The van der Waals surface area contributed by atoms with Crippen LogP contribution in [0.5, 0.6) is 0 Å². The SMILES string of the molecule is CC(c1ccccc1)N(C)C(=O)CC(N)c1ccccc1. The molecule has 2 N–H and O–H groups in total. The molecule has 2 aromatic rings. The molecule has 0 aliphatic rings. The fourth-order valence-corrected chi connectivity index (χ4v) is 2.32. The predicted molar refractivity (Wildman–Crippen MR) is 85.6 cm³/mol. The summed E-state index contributed by atoms with van der Waals surface area (Å²) >= 11 is 0. The third-order valence-corrected chi connectivity index (χ3v) is 3.88. The highest BCUT2D eigenvalue weighted by molar-refractivity contribution is 5.77. The normalized spacial score (nSPS) is 13.5. The second-order valence-corrected chi connectivity index (χ2v) is 5.31. The topological polar surface area (TPSA) is 46.3 Å². The number of amides is 1. The van der Waals surface area contributed by atoms with Gasteiger partial charge >= 0.3 is 0 Å². The molecule has 0 saturated carbocycles. The molecule has 0 aliphatic carbocycles. The van der Waals surface area contributed by atoms with Crippen LogP contribution in [0.3, 0.4) is 0 Å². The van der Waals surface area contributed by atoms with Gasteiger partial charge in [0.2, 0.25) is 5.91 Å². The Bertz CT molecular complexity index is 568. The molecule has 0 radical (unpaired) electrons. The largest absolute Gasteiger partial charge is 0.339 e. The number of carbonyl (C=O) groups is 1. The highest BCUT2D eigenvalue weighted by Gasteiger charge is 2.20. The highest BCUT2D eigenvalue weighted by atomic mass is 16.2. The monoisotopic (exact) mass is 282 g/mol. The number of nitrogens with zero attached hydrogens (tertiary/aromatic N) is 1. The summed E-state index contributed by atoms with van der Waals surface area (Å²) in [6.07, 6.45) is 0.317. The smallest absolute Gasteiger partial charge is 0.224 e. The van der Waals surface area contributed by atoms with Crippen molar-refractivity contribution in [3.05, 3.63) is 71.8 Å². The number of carbonyl (C=O) groups excluding carboxylic acids is 1. The molecule has 3 nitrogen and oxygen atoms in total. The van der Waals surface area contributed by atoms with Crippen LogP contribution in [0, 0.1) is 0 Å². The molecular formula is C18H22N2O. The summed E-state index contributed by atoms with van der Waals surface area (Å²) in [7, 11) is 1.83. The van der Waals surface area contributed by atoms with Crippen LogP contribution in [0.1, 0.15) is 36.6 Å². The molecule has 0 aromatic heterocycles. The Kier molecular flexibility index (Phi) is 5.12. The van der Waals surface area contributed by atoms with Crippen molar-refractivity contribution in [2.24, 2.45) is 5.73 Å². The van der Waals surface area contributed by atoms with Crippen molar-refractivity contribution in [3.63, 3.8) is 0 Å². The lowest BCUT2D eigenvalue weighted by atomic mass is 10.0. The number of rotatable bonds is 5. The number of hydrogen-bond donors (Lipinski definition) is 1. The van der Waals surface area contributed by atoms with Gasteiger partial charge in [-0.3, -0.25) is 4.79 Å². The van der Waals surface area contributed by atoms with Gasteiger partial charge in [0.1, 0.15) is 0 Å². The lowest BCUT2D eigenvalue weighted by Crippen LogP contribution is -2.32. The molecule has 0 heterocycles. The van der Waals surface area contributed by atoms with Crippen molar-refractivity contribution in [1.82, 2.24) is 4.90 Å². The minimum absolute atomic E-state index is 0.0432. The van der Waals surface area contributed by atoms with Crippen LogP contribution in [-0.2, 0) is 4.79 Å². The molecule has 0 fully saturated rings. The van der Waals surface area contributed by atoms with Crippen molar-refractivity contribution in [3.8, 4) is 0 Å². The van der Waals surface area contributed by atoms with Crippen molar-refractivity contribution < 1.29 is 4.79 Å². The molecule has 2 rings (SSSR count). The standard InChI is InChI=1S/C18H22N2O/c1-14(15-9-5-3-6-10-15)20(2)18(21)13-17(19)16-11-7-4-8-12-16/h3-12,14,17H,13,19H2,1-2H3. The van der Waals surface area contributed by atoms with Crippen LogP contribution in [0.4, 0.5) is 0 Å². The van der Waals surface area contributed by atoms with E-state index in [9.17, 15) is 4.79 Å². The van der Waals surface area contributed by atoms with E-state index >= 15 is 0 Å². The van der Waals surface area contributed by atoms with Gasteiger partial charge in [-0.05, 0) is 18.1 Å². The summed E-state index contributed by atoms with van der Waals surface area (Å²) in [4.78, 5) is 14.1. The van der Waals surface area contributed by atoms with E-state index in [1.807, 2.05) is 74.6 Å². The first-order chi connectivity index (χ1) is 10.1. The second-order valence-electron chi connectivity index (χ2n) is 5.31. The summed E-state index contributed by atoms with van der Waals surface area (Å²) in [5.74, 6) is 0.0581. The van der Waals surface area contributed by atoms with Crippen LogP contribution < -0.4 is 5.73 Å². The molecule has 0 spiro atoms. The fraction of sp³-hybridized carbons (Fsp3) is 0.278. The van der Waals surface area contributed by atoms with Crippen LogP contribution in [0.25, 0.3) is 0 Å². The van der Waals surface area contributed by atoms with Gasteiger partial charge in [0.15, 0.2) is 0 Å². The van der Waals surface area contributed by atoms with E-state index in [1.165, 1.54) is 0 Å². The van der Waals surface area contributed by atoms with E-state index in [0.717, 1.165) is 11.1 Å². The van der Waals surface area contributed by atoms with Crippen molar-refractivity contribution in [2.45, 2.75) is 25.4 Å². The first-order valence-corrected chi connectivity index (χ1v) is 7.20. The minimum atomic E-state index is -0.260. The maximum absolute atomic E-state index is 12.4. The Balaban J connectivity index is 2.00. The molecule has 110 valence electrons. The summed E-state index contributed by atoms with van der Waals surface area (Å²) in [5.41, 5.74) is 8.24. The molecule has 0 saturated heterocycles. The van der Waals surface area contributed by atoms with Gasteiger partial charge in [-0.15, -0.1) is 0 Å². The zero-order valence-corrected chi connectivity index (χ0v) is 12.6. The lowest BCUT2D eigenvalue weighted by molar-refractivity contribution is -0.132. The van der Waals surface area contributed by atoms with E-state index in [4.69, 9.17) is 5.73 Å². The lowest BCUT2D eigenvalue weighted by Gasteiger charge is -2.26.